The van der Waals surface area contributed by atoms with Crippen molar-refractivity contribution in [2.75, 3.05) is 11.1 Å². The van der Waals surface area contributed by atoms with E-state index < -0.39 is 0 Å². The molecule has 0 aliphatic heterocycles. The van der Waals surface area contributed by atoms with Gasteiger partial charge < -0.3 is 11.1 Å². The van der Waals surface area contributed by atoms with Gasteiger partial charge in [0.1, 0.15) is 5.69 Å². The zero-order chi connectivity index (χ0) is 17.8. The maximum Gasteiger partial charge on any atom is 0.225 e. The topological polar surface area (TPSA) is 80.9 Å². The summed E-state index contributed by atoms with van der Waals surface area (Å²) < 4.78 is 0. The monoisotopic (exact) mass is 352 g/mol. The standard InChI is InChI=1S/C19H20N4OS/c1-12(2)10-17(24)23-19-18(16-4-3-9-25-16)22-15(11-21-19)13-5-7-14(20)8-6-13/h3-9,11-12H,10,20H2,1-2H3,(H,21,23,24). The molecule has 5 nitrogen and oxygen atoms in total. The number of hydrogen-bond donors (Lipinski definition) is 2. The number of carbonyl (C=O) groups is 1. The zero-order valence-electron chi connectivity index (χ0n) is 14.2. The molecule has 3 aromatic rings. The summed E-state index contributed by atoms with van der Waals surface area (Å²) in [4.78, 5) is 22.3. The molecule has 1 aromatic carbocycles. The molecule has 0 radical (unpaired) electrons. The van der Waals surface area contributed by atoms with E-state index in [4.69, 9.17) is 10.7 Å². The van der Waals surface area contributed by atoms with Gasteiger partial charge in [-0.15, -0.1) is 11.3 Å². The minimum atomic E-state index is -0.0534. The third-order valence-corrected chi connectivity index (χ3v) is 4.46. The minimum absolute atomic E-state index is 0.0534. The first-order valence-corrected chi connectivity index (χ1v) is 8.97. The van der Waals surface area contributed by atoms with Crippen LogP contribution in [-0.4, -0.2) is 15.9 Å². The zero-order valence-corrected chi connectivity index (χ0v) is 15.0. The third kappa shape index (κ3) is 4.22. The quantitative estimate of drug-likeness (QED) is 0.665. The van der Waals surface area contributed by atoms with E-state index in [1.54, 1.807) is 17.5 Å². The Labute approximate surface area is 151 Å². The van der Waals surface area contributed by atoms with Crippen molar-refractivity contribution in [3.63, 3.8) is 0 Å². The first kappa shape index (κ1) is 17.1. The van der Waals surface area contributed by atoms with E-state index in [0.717, 1.165) is 16.1 Å². The number of hydrogen-bond acceptors (Lipinski definition) is 5. The molecular weight excluding hydrogens is 332 g/mol. The first-order chi connectivity index (χ1) is 12.0. The Bertz CT molecular complexity index is 858. The van der Waals surface area contributed by atoms with Crippen LogP contribution in [0.3, 0.4) is 0 Å². The van der Waals surface area contributed by atoms with Crippen LogP contribution in [0.5, 0.6) is 0 Å². The number of nitrogens with one attached hydrogen (secondary N) is 1. The lowest BCUT2D eigenvalue weighted by atomic mass is 10.1. The maximum atomic E-state index is 12.1. The van der Waals surface area contributed by atoms with Crippen molar-refractivity contribution >= 4 is 28.7 Å². The maximum absolute atomic E-state index is 12.1. The number of thiophene rings is 1. The highest BCUT2D eigenvalue weighted by atomic mass is 32.1. The van der Waals surface area contributed by atoms with Gasteiger partial charge >= 0.3 is 0 Å². The number of benzene rings is 1. The second-order valence-corrected chi connectivity index (χ2v) is 7.15. The van der Waals surface area contributed by atoms with Crippen LogP contribution in [0.4, 0.5) is 11.5 Å². The van der Waals surface area contributed by atoms with Gasteiger partial charge in [0.2, 0.25) is 5.91 Å². The minimum Gasteiger partial charge on any atom is -0.399 e. The fourth-order valence-electron chi connectivity index (χ4n) is 2.41. The number of anilines is 2. The Morgan fingerprint density at radius 2 is 2.00 bits per heavy atom. The van der Waals surface area contributed by atoms with Crippen LogP contribution in [-0.2, 0) is 4.79 Å². The molecule has 6 heteroatoms. The molecule has 0 aliphatic carbocycles. The average Bonchev–Trinajstić information content (AvgIpc) is 3.09. The molecule has 0 atom stereocenters. The summed E-state index contributed by atoms with van der Waals surface area (Å²) in [6.45, 7) is 4.02. The van der Waals surface area contributed by atoms with Crippen molar-refractivity contribution in [2.24, 2.45) is 5.92 Å². The molecule has 0 saturated heterocycles. The van der Waals surface area contributed by atoms with Gasteiger partial charge in [0, 0.05) is 17.7 Å². The Kier molecular flexibility index (Phi) is 5.09. The smallest absolute Gasteiger partial charge is 0.225 e. The molecule has 0 unspecified atom stereocenters. The van der Waals surface area contributed by atoms with E-state index >= 15 is 0 Å². The number of nitrogen functional groups attached to an aromatic ring is 1. The van der Waals surface area contributed by atoms with Gasteiger partial charge in [-0.05, 0) is 29.5 Å². The van der Waals surface area contributed by atoms with Crippen molar-refractivity contribution in [2.45, 2.75) is 20.3 Å². The molecule has 128 valence electrons. The molecule has 2 heterocycles. The van der Waals surface area contributed by atoms with E-state index in [-0.39, 0.29) is 11.8 Å². The lowest BCUT2D eigenvalue weighted by Crippen LogP contribution is -2.16. The Hall–Kier alpha value is -2.73. The van der Waals surface area contributed by atoms with Crippen molar-refractivity contribution in [3.05, 3.63) is 48.0 Å². The van der Waals surface area contributed by atoms with E-state index in [0.29, 0.717) is 23.6 Å². The molecule has 3 N–H and O–H groups in total. The average molecular weight is 352 g/mol. The predicted octanol–water partition coefficient (Wildman–Crippen LogP) is 4.44. The second-order valence-electron chi connectivity index (χ2n) is 6.20. The largest absolute Gasteiger partial charge is 0.399 e. The van der Waals surface area contributed by atoms with Gasteiger partial charge in [-0.1, -0.05) is 32.0 Å². The van der Waals surface area contributed by atoms with Gasteiger partial charge in [0.25, 0.3) is 0 Å². The summed E-state index contributed by atoms with van der Waals surface area (Å²) in [7, 11) is 0. The van der Waals surface area contributed by atoms with Gasteiger partial charge in [0.05, 0.1) is 16.8 Å². The van der Waals surface area contributed by atoms with Gasteiger partial charge in [-0.25, -0.2) is 9.97 Å². The molecule has 0 saturated carbocycles. The number of rotatable bonds is 5. The van der Waals surface area contributed by atoms with Gasteiger partial charge in [-0.3, -0.25) is 4.79 Å². The highest BCUT2D eigenvalue weighted by molar-refractivity contribution is 7.13. The van der Waals surface area contributed by atoms with E-state index in [1.807, 2.05) is 55.6 Å². The van der Waals surface area contributed by atoms with Crippen LogP contribution in [0.2, 0.25) is 0 Å². The summed E-state index contributed by atoms with van der Waals surface area (Å²) in [5.74, 6) is 0.724. The molecular formula is C19H20N4OS. The summed E-state index contributed by atoms with van der Waals surface area (Å²) in [6, 6.07) is 11.4. The highest BCUT2D eigenvalue weighted by Gasteiger charge is 2.15. The Morgan fingerprint density at radius 1 is 1.24 bits per heavy atom. The molecule has 0 bridgehead atoms. The molecule has 1 amide bonds. The fourth-order valence-corrected chi connectivity index (χ4v) is 3.13. The van der Waals surface area contributed by atoms with Gasteiger partial charge in [-0.2, -0.15) is 0 Å². The SMILES string of the molecule is CC(C)CC(=O)Nc1ncc(-c2ccc(N)cc2)nc1-c1cccs1. The first-order valence-electron chi connectivity index (χ1n) is 8.09. The molecule has 0 aliphatic rings. The number of amides is 1. The molecule has 2 aromatic heterocycles. The summed E-state index contributed by atoms with van der Waals surface area (Å²) >= 11 is 1.56. The molecule has 3 rings (SSSR count). The molecule has 0 spiro atoms. The normalized spacial score (nSPS) is 10.8. The predicted molar refractivity (Wildman–Crippen MR) is 103 cm³/mol. The van der Waals surface area contributed by atoms with Crippen molar-refractivity contribution in [3.8, 4) is 21.8 Å². The van der Waals surface area contributed by atoms with Gasteiger partial charge in [0.15, 0.2) is 5.82 Å². The van der Waals surface area contributed by atoms with Crippen molar-refractivity contribution < 1.29 is 4.79 Å². The van der Waals surface area contributed by atoms with Crippen LogP contribution in [0, 0.1) is 5.92 Å². The van der Waals surface area contributed by atoms with Crippen molar-refractivity contribution in [1.29, 1.82) is 0 Å². The van der Waals surface area contributed by atoms with Crippen LogP contribution < -0.4 is 11.1 Å². The Morgan fingerprint density at radius 3 is 2.64 bits per heavy atom. The highest BCUT2D eigenvalue weighted by Crippen LogP contribution is 2.31. The summed E-state index contributed by atoms with van der Waals surface area (Å²) in [6.07, 6.45) is 2.12. The lowest BCUT2D eigenvalue weighted by Gasteiger charge is -2.11. The van der Waals surface area contributed by atoms with Crippen LogP contribution in [0.25, 0.3) is 21.8 Å². The van der Waals surface area contributed by atoms with E-state index in [1.165, 1.54) is 0 Å². The van der Waals surface area contributed by atoms with Crippen LogP contribution in [0.15, 0.2) is 48.0 Å². The third-order valence-electron chi connectivity index (χ3n) is 3.58. The number of aromatic nitrogens is 2. The van der Waals surface area contributed by atoms with E-state index in [2.05, 4.69) is 10.3 Å². The number of nitrogens with zero attached hydrogens (tertiary/aromatic N) is 2. The summed E-state index contributed by atoms with van der Waals surface area (Å²) in [5, 5.41) is 4.87. The van der Waals surface area contributed by atoms with E-state index in [9.17, 15) is 4.79 Å². The number of nitrogens with two attached hydrogens (primary N) is 1. The summed E-state index contributed by atoms with van der Waals surface area (Å²) in [5.41, 5.74) is 8.80. The van der Waals surface area contributed by atoms with Crippen LogP contribution >= 0.6 is 11.3 Å². The van der Waals surface area contributed by atoms with Crippen molar-refractivity contribution in [1.82, 2.24) is 9.97 Å². The number of carbonyl (C=O) groups excluding carboxylic acids is 1. The molecule has 25 heavy (non-hydrogen) atoms. The molecule has 0 fully saturated rings. The fraction of sp³-hybridized carbons (Fsp3) is 0.211. The Balaban J connectivity index is 1.98. The lowest BCUT2D eigenvalue weighted by molar-refractivity contribution is -0.116. The van der Waals surface area contributed by atoms with Crippen LogP contribution in [0.1, 0.15) is 20.3 Å². The second kappa shape index (κ2) is 7.44.